The van der Waals surface area contributed by atoms with Gasteiger partial charge in [-0.2, -0.15) is 0 Å². The molecule has 1 aromatic heterocycles. The van der Waals surface area contributed by atoms with Crippen molar-refractivity contribution in [1.82, 2.24) is 19.4 Å². The quantitative estimate of drug-likeness (QED) is 0.565. The Balaban J connectivity index is 1.56. The second-order valence-corrected chi connectivity index (χ2v) is 8.53. The average molecular weight is 417 g/mol. The van der Waals surface area contributed by atoms with Crippen LogP contribution in [-0.4, -0.2) is 44.9 Å². The van der Waals surface area contributed by atoms with E-state index in [0.29, 0.717) is 12.5 Å². The molecule has 0 bridgehead atoms. The van der Waals surface area contributed by atoms with E-state index in [1.165, 1.54) is 0 Å². The van der Waals surface area contributed by atoms with Gasteiger partial charge in [0, 0.05) is 43.5 Å². The highest BCUT2D eigenvalue weighted by Crippen LogP contribution is 2.23. The van der Waals surface area contributed by atoms with Crippen molar-refractivity contribution in [3.05, 3.63) is 53.1 Å². The summed E-state index contributed by atoms with van der Waals surface area (Å²) >= 11 is 6.02. The van der Waals surface area contributed by atoms with E-state index in [2.05, 4.69) is 26.3 Å². The van der Waals surface area contributed by atoms with Gasteiger partial charge in [-0.25, -0.2) is 4.98 Å². The van der Waals surface area contributed by atoms with E-state index in [1.54, 1.807) is 0 Å². The third kappa shape index (κ3) is 6.31. The largest absolute Gasteiger partial charge is 0.338 e. The van der Waals surface area contributed by atoms with Crippen LogP contribution in [0.4, 0.5) is 0 Å². The number of halogens is 1. The number of aryl methyl sites for hydroxylation is 1. The lowest BCUT2D eigenvalue weighted by Gasteiger charge is -2.34. The molecule has 2 heterocycles. The molecule has 0 N–H and O–H groups in total. The lowest BCUT2D eigenvalue weighted by Crippen LogP contribution is -2.42. The van der Waals surface area contributed by atoms with Crippen LogP contribution in [0.15, 0.2) is 36.7 Å². The Morgan fingerprint density at radius 1 is 1.21 bits per heavy atom. The number of hydrogen-bond donors (Lipinski definition) is 0. The van der Waals surface area contributed by atoms with Crippen LogP contribution in [0, 0.1) is 5.92 Å². The van der Waals surface area contributed by atoms with Gasteiger partial charge in [-0.05, 0) is 50.0 Å². The van der Waals surface area contributed by atoms with Crippen molar-refractivity contribution in [2.75, 3.05) is 19.6 Å². The summed E-state index contributed by atoms with van der Waals surface area (Å²) in [5.41, 5.74) is 1.14. The van der Waals surface area contributed by atoms with Gasteiger partial charge in [-0.3, -0.25) is 9.69 Å². The first-order chi connectivity index (χ1) is 14.1. The highest BCUT2D eigenvalue weighted by Gasteiger charge is 2.28. The van der Waals surface area contributed by atoms with Crippen LogP contribution < -0.4 is 0 Å². The number of benzene rings is 1. The monoisotopic (exact) mass is 416 g/mol. The Labute approximate surface area is 179 Å². The SMILES string of the molecule is CCCCCN(Cc1ccc(Cl)cc1)C(=O)C1CCN(Cc2nccn2C)CC1. The summed E-state index contributed by atoms with van der Waals surface area (Å²) in [5, 5.41) is 0.734. The zero-order valence-corrected chi connectivity index (χ0v) is 18.4. The molecule has 1 amide bonds. The summed E-state index contributed by atoms with van der Waals surface area (Å²) in [6.07, 6.45) is 9.06. The summed E-state index contributed by atoms with van der Waals surface area (Å²) in [4.78, 5) is 22.2. The van der Waals surface area contributed by atoms with Gasteiger partial charge in [-0.15, -0.1) is 0 Å². The molecule has 1 aliphatic heterocycles. The number of piperidine rings is 1. The number of carbonyl (C=O) groups excluding carboxylic acids is 1. The molecule has 0 spiro atoms. The molecule has 0 radical (unpaired) electrons. The van der Waals surface area contributed by atoms with E-state index in [0.717, 1.165) is 74.7 Å². The molecular weight excluding hydrogens is 384 g/mol. The number of aromatic nitrogens is 2. The van der Waals surface area contributed by atoms with Crippen molar-refractivity contribution < 1.29 is 4.79 Å². The molecule has 1 fully saturated rings. The van der Waals surface area contributed by atoms with Crippen molar-refractivity contribution >= 4 is 17.5 Å². The fourth-order valence-corrected chi connectivity index (χ4v) is 4.10. The Morgan fingerprint density at radius 2 is 1.93 bits per heavy atom. The Hall–Kier alpha value is -1.85. The number of likely N-dealkylation sites (tertiary alicyclic amines) is 1. The van der Waals surface area contributed by atoms with Gasteiger partial charge in [-0.1, -0.05) is 43.5 Å². The molecule has 29 heavy (non-hydrogen) atoms. The second kappa shape index (κ2) is 10.8. The molecule has 1 aliphatic rings. The van der Waals surface area contributed by atoms with Crippen molar-refractivity contribution in [2.24, 2.45) is 13.0 Å². The summed E-state index contributed by atoms with van der Waals surface area (Å²) < 4.78 is 2.07. The Bertz CT molecular complexity index is 765. The molecule has 3 rings (SSSR count). The van der Waals surface area contributed by atoms with Crippen LogP contribution in [0.2, 0.25) is 5.02 Å². The first-order valence-corrected chi connectivity index (χ1v) is 11.2. The van der Waals surface area contributed by atoms with Gasteiger partial charge in [0.1, 0.15) is 5.82 Å². The van der Waals surface area contributed by atoms with Crippen LogP contribution in [0.3, 0.4) is 0 Å². The minimum atomic E-state index is 0.126. The highest BCUT2D eigenvalue weighted by atomic mass is 35.5. The Morgan fingerprint density at radius 3 is 2.55 bits per heavy atom. The highest BCUT2D eigenvalue weighted by molar-refractivity contribution is 6.30. The van der Waals surface area contributed by atoms with Gasteiger partial charge < -0.3 is 9.47 Å². The van der Waals surface area contributed by atoms with Crippen LogP contribution in [0.5, 0.6) is 0 Å². The number of nitrogens with zero attached hydrogens (tertiary/aromatic N) is 4. The van der Waals surface area contributed by atoms with E-state index in [-0.39, 0.29) is 5.92 Å². The first-order valence-electron chi connectivity index (χ1n) is 10.8. The first kappa shape index (κ1) is 21.8. The summed E-state index contributed by atoms with van der Waals surface area (Å²) in [7, 11) is 2.03. The number of hydrogen-bond acceptors (Lipinski definition) is 3. The lowest BCUT2D eigenvalue weighted by atomic mass is 9.94. The molecule has 5 nitrogen and oxygen atoms in total. The molecule has 0 aliphatic carbocycles. The van der Waals surface area contributed by atoms with E-state index < -0.39 is 0 Å². The lowest BCUT2D eigenvalue weighted by molar-refractivity contribution is -0.137. The number of amides is 1. The van der Waals surface area contributed by atoms with Gasteiger partial charge >= 0.3 is 0 Å². The van der Waals surface area contributed by atoms with Gasteiger partial charge in [0.15, 0.2) is 0 Å². The van der Waals surface area contributed by atoms with E-state index in [4.69, 9.17) is 11.6 Å². The molecule has 6 heteroatoms. The number of unbranched alkanes of at least 4 members (excludes halogenated alkanes) is 2. The summed E-state index contributed by atoms with van der Waals surface area (Å²) in [5.74, 6) is 1.52. The standard InChI is InChI=1S/C23H33ClN4O/c1-3-4-5-13-28(17-19-6-8-21(24)9-7-19)23(29)20-10-14-27(15-11-20)18-22-25-12-16-26(22)2/h6-9,12,16,20H,3-5,10-11,13-15,17-18H2,1-2H3. The van der Waals surface area contributed by atoms with Crippen LogP contribution in [-0.2, 0) is 24.9 Å². The summed E-state index contributed by atoms with van der Waals surface area (Å²) in [6, 6.07) is 7.86. The van der Waals surface area contributed by atoms with E-state index in [1.807, 2.05) is 43.7 Å². The third-order valence-electron chi connectivity index (χ3n) is 5.85. The van der Waals surface area contributed by atoms with Crippen LogP contribution >= 0.6 is 11.6 Å². The maximum Gasteiger partial charge on any atom is 0.226 e. The molecule has 2 aromatic rings. The predicted octanol–water partition coefficient (Wildman–Crippen LogP) is 4.50. The maximum atomic E-state index is 13.3. The Kier molecular flexibility index (Phi) is 8.13. The van der Waals surface area contributed by atoms with Crippen molar-refractivity contribution in [2.45, 2.75) is 52.1 Å². The predicted molar refractivity (Wildman–Crippen MR) is 118 cm³/mol. The zero-order valence-electron chi connectivity index (χ0n) is 17.7. The molecule has 158 valence electrons. The fraction of sp³-hybridized carbons (Fsp3) is 0.565. The van der Waals surface area contributed by atoms with Crippen molar-refractivity contribution in [1.29, 1.82) is 0 Å². The van der Waals surface area contributed by atoms with Crippen LogP contribution in [0.25, 0.3) is 0 Å². The zero-order chi connectivity index (χ0) is 20.6. The molecule has 0 atom stereocenters. The molecule has 1 aromatic carbocycles. The minimum absolute atomic E-state index is 0.126. The van der Waals surface area contributed by atoms with Gasteiger partial charge in [0.2, 0.25) is 5.91 Å². The minimum Gasteiger partial charge on any atom is -0.338 e. The maximum absolute atomic E-state index is 13.3. The van der Waals surface area contributed by atoms with Gasteiger partial charge in [0.25, 0.3) is 0 Å². The second-order valence-electron chi connectivity index (χ2n) is 8.10. The fourth-order valence-electron chi connectivity index (χ4n) is 3.98. The van der Waals surface area contributed by atoms with Crippen molar-refractivity contribution in [3.63, 3.8) is 0 Å². The van der Waals surface area contributed by atoms with Crippen molar-refractivity contribution in [3.8, 4) is 0 Å². The summed E-state index contributed by atoms with van der Waals surface area (Å²) in [6.45, 7) is 6.47. The normalized spacial score (nSPS) is 15.6. The van der Waals surface area contributed by atoms with E-state index in [9.17, 15) is 4.79 Å². The van der Waals surface area contributed by atoms with E-state index >= 15 is 0 Å². The molecule has 0 unspecified atom stereocenters. The topological polar surface area (TPSA) is 41.4 Å². The third-order valence-corrected chi connectivity index (χ3v) is 6.10. The molecular formula is C23H33ClN4O. The molecule has 0 saturated carbocycles. The number of rotatable bonds is 9. The molecule has 1 saturated heterocycles. The number of imidazole rings is 1. The number of carbonyl (C=O) groups is 1. The smallest absolute Gasteiger partial charge is 0.226 e. The average Bonchev–Trinajstić information content (AvgIpc) is 3.13. The van der Waals surface area contributed by atoms with Crippen LogP contribution in [0.1, 0.15) is 50.4 Å². The van der Waals surface area contributed by atoms with Gasteiger partial charge in [0.05, 0.1) is 6.54 Å².